The predicted molar refractivity (Wildman–Crippen MR) is 135 cm³/mol. The Balaban J connectivity index is 1.26. The Hall–Kier alpha value is -1.07. The molecular weight excluding hydrogens is 414 g/mol. The molecule has 0 radical (unpaired) electrons. The third kappa shape index (κ3) is 6.28. The van der Waals surface area contributed by atoms with Gasteiger partial charge in [-0.2, -0.15) is 11.8 Å². The smallest absolute Gasteiger partial charge is 0.240 e. The van der Waals surface area contributed by atoms with E-state index in [1.807, 2.05) is 12.4 Å². The van der Waals surface area contributed by atoms with Crippen LogP contribution in [0.4, 0.5) is 0 Å². The van der Waals surface area contributed by atoms with Crippen molar-refractivity contribution in [2.45, 2.75) is 83.6 Å². The summed E-state index contributed by atoms with van der Waals surface area (Å²) in [6.07, 6.45) is 18.1. The quantitative estimate of drug-likeness (QED) is 0.408. The highest BCUT2D eigenvalue weighted by atomic mass is 32.2. The first-order valence-corrected chi connectivity index (χ1v) is 14.2. The van der Waals surface area contributed by atoms with Crippen LogP contribution < -0.4 is 5.73 Å². The molecule has 178 valence electrons. The summed E-state index contributed by atoms with van der Waals surface area (Å²) in [4.78, 5) is 19.5. The number of aryl methyl sites for hydroxylation is 1. The molecular formula is C27H43N3OS. The Kier molecular flexibility index (Phi) is 8.55. The molecule has 1 aromatic heterocycles. The van der Waals surface area contributed by atoms with Crippen LogP contribution >= 0.6 is 11.8 Å². The van der Waals surface area contributed by atoms with Crippen LogP contribution in [-0.4, -0.2) is 46.4 Å². The van der Waals surface area contributed by atoms with E-state index < -0.39 is 0 Å². The first kappa shape index (κ1) is 24.1. The number of pyridine rings is 1. The molecule has 1 unspecified atom stereocenters. The number of nitrogens with zero attached hydrogens (tertiary/aromatic N) is 2. The molecule has 1 heterocycles. The number of thioether (sulfide) groups is 1. The van der Waals surface area contributed by atoms with Crippen LogP contribution in [0.25, 0.3) is 0 Å². The maximum absolute atomic E-state index is 13.3. The van der Waals surface area contributed by atoms with Gasteiger partial charge in [0.1, 0.15) is 0 Å². The molecule has 1 aromatic rings. The average Bonchev–Trinajstić information content (AvgIpc) is 2.78. The van der Waals surface area contributed by atoms with Crippen molar-refractivity contribution < 1.29 is 4.79 Å². The zero-order chi connectivity index (χ0) is 22.4. The Morgan fingerprint density at radius 1 is 1.12 bits per heavy atom. The van der Waals surface area contributed by atoms with E-state index in [2.05, 4.69) is 28.9 Å². The van der Waals surface area contributed by atoms with Crippen molar-refractivity contribution in [2.75, 3.05) is 24.6 Å². The molecule has 2 N–H and O–H groups in total. The van der Waals surface area contributed by atoms with Crippen LogP contribution in [0.2, 0.25) is 0 Å². The van der Waals surface area contributed by atoms with Crippen molar-refractivity contribution >= 4 is 17.7 Å². The van der Waals surface area contributed by atoms with Gasteiger partial charge in [-0.1, -0.05) is 19.8 Å². The monoisotopic (exact) mass is 457 g/mol. The molecule has 32 heavy (non-hydrogen) atoms. The maximum Gasteiger partial charge on any atom is 0.240 e. The topological polar surface area (TPSA) is 59.2 Å². The normalized spacial score (nSPS) is 29.2. The van der Waals surface area contributed by atoms with E-state index in [0.717, 1.165) is 49.4 Å². The molecule has 1 amide bonds. The summed E-state index contributed by atoms with van der Waals surface area (Å²) in [6.45, 7) is 4.03. The highest BCUT2D eigenvalue weighted by Crippen LogP contribution is 2.61. The fourth-order valence-corrected chi connectivity index (χ4v) is 8.05. The third-order valence-corrected chi connectivity index (χ3v) is 9.41. The van der Waals surface area contributed by atoms with Gasteiger partial charge in [0.15, 0.2) is 0 Å². The predicted octanol–water partition coefficient (Wildman–Crippen LogP) is 5.31. The van der Waals surface area contributed by atoms with Crippen molar-refractivity contribution in [3.63, 3.8) is 0 Å². The lowest BCUT2D eigenvalue weighted by molar-refractivity contribution is -0.133. The summed E-state index contributed by atoms with van der Waals surface area (Å²) >= 11 is 1.80. The zero-order valence-corrected chi connectivity index (χ0v) is 20.8. The molecule has 1 atom stereocenters. The van der Waals surface area contributed by atoms with Gasteiger partial charge < -0.3 is 10.6 Å². The van der Waals surface area contributed by atoms with Crippen molar-refractivity contribution in [1.29, 1.82) is 0 Å². The van der Waals surface area contributed by atoms with Gasteiger partial charge in [-0.15, -0.1) is 0 Å². The second-order valence-corrected chi connectivity index (χ2v) is 12.1. The summed E-state index contributed by atoms with van der Waals surface area (Å²) in [5.74, 6) is 4.82. The van der Waals surface area contributed by atoms with Crippen LogP contribution in [0.1, 0.15) is 76.7 Å². The zero-order valence-electron chi connectivity index (χ0n) is 20.0. The lowest BCUT2D eigenvalue weighted by atomic mass is 9.49. The number of amides is 1. The molecule has 0 aliphatic heterocycles. The Bertz CT molecular complexity index is 690. The average molecular weight is 458 g/mol. The van der Waals surface area contributed by atoms with Gasteiger partial charge in [-0.3, -0.25) is 9.78 Å². The molecule has 4 bridgehead atoms. The fourth-order valence-electron chi connectivity index (χ4n) is 7.11. The van der Waals surface area contributed by atoms with Gasteiger partial charge in [-0.05, 0) is 104 Å². The largest absolute Gasteiger partial charge is 0.341 e. The van der Waals surface area contributed by atoms with E-state index >= 15 is 0 Å². The molecule has 4 aliphatic carbocycles. The van der Waals surface area contributed by atoms with E-state index in [9.17, 15) is 4.79 Å². The number of rotatable bonds is 13. The Morgan fingerprint density at radius 3 is 2.41 bits per heavy atom. The molecule has 0 spiro atoms. The Labute approximate surface area is 199 Å². The van der Waals surface area contributed by atoms with Crippen LogP contribution in [0.15, 0.2) is 24.5 Å². The molecule has 4 nitrogen and oxygen atoms in total. The SMILES string of the molecule is CCCCCN(CCC12CC3CC(CC(C3)C1)C2)C(=O)C(N)CSCCc1ccncc1. The summed E-state index contributed by atoms with van der Waals surface area (Å²) in [7, 11) is 0. The van der Waals surface area contributed by atoms with E-state index in [1.165, 1.54) is 63.4 Å². The summed E-state index contributed by atoms with van der Waals surface area (Å²) in [5, 5.41) is 0. The number of carbonyl (C=O) groups is 1. The summed E-state index contributed by atoms with van der Waals surface area (Å²) in [6, 6.07) is 3.74. The number of unbranched alkanes of at least 4 members (excludes halogenated alkanes) is 2. The summed E-state index contributed by atoms with van der Waals surface area (Å²) in [5.41, 5.74) is 8.24. The van der Waals surface area contributed by atoms with Gasteiger partial charge in [0, 0.05) is 31.2 Å². The molecule has 0 aromatic carbocycles. The summed E-state index contributed by atoms with van der Waals surface area (Å²) < 4.78 is 0. The lowest BCUT2D eigenvalue weighted by Gasteiger charge is -2.57. The van der Waals surface area contributed by atoms with Crippen LogP contribution in [0.5, 0.6) is 0 Å². The van der Waals surface area contributed by atoms with Crippen molar-refractivity contribution in [3.05, 3.63) is 30.1 Å². The van der Waals surface area contributed by atoms with Crippen LogP contribution in [-0.2, 0) is 11.2 Å². The first-order valence-electron chi connectivity index (χ1n) is 13.1. The number of aromatic nitrogens is 1. The van der Waals surface area contributed by atoms with Gasteiger partial charge in [0.05, 0.1) is 6.04 Å². The standard InChI is InChI=1S/C27H43N3OS/c1-2-3-4-11-30(12-8-27-17-22-14-23(18-27)16-24(15-22)19-27)26(31)25(28)20-32-13-7-21-5-9-29-10-6-21/h5-6,9-10,22-25H,2-4,7-8,11-20,28H2,1H3. The molecule has 4 fully saturated rings. The van der Waals surface area contributed by atoms with Gasteiger partial charge in [-0.25, -0.2) is 0 Å². The van der Waals surface area contributed by atoms with Crippen molar-refractivity contribution in [3.8, 4) is 0 Å². The number of hydrogen-bond donors (Lipinski definition) is 1. The second-order valence-electron chi connectivity index (χ2n) is 11.0. The fraction of sp³-hybridized carbons (Fsp3) is 0.778. The second kappa shape index (κ2) is 11.4. The Morgan fingerprint density at radius 2 is 1.78 bits per heavy atom. The minimum absolute atomic E-state index is 0.183. The molecule has 4 aliphatic rings. The van der Waals surface area contributed by atoms with Crippen molar-refractivity contribution in [1.82, 2.24) is 9.88 Å². The molecule has 0 saturated heterocycles. The van der Waals surface area contributed by atoms with Crippen LogP contribution in [0.3, 0.4) is 0 Å². The number of nitrogens with two attached hydrogens (primary N) is 1. The highest BCUT2D eigenvalue weighted by Gasteiger charge is 2.50. The molecule has 5 rings (SSSR count). The van der Waals surface area contributed by atoms with Crippen LogP contribution in [0, 0.1) is 23.2 Å². The van der Waals surface area contributed by atoms with E-state index in [-0.39, 0.29) is 11.9 Å². The highest BCUT2D eigenvalue weighted by molar-refractivity contribution is 7.99. The van der Waals surface area contributed by atoms with Gasteiger partial charge in [0.25, 0.3) is 0 Å². The van der Waals surface area contributed by atoms with E-state index in [4.69, 9.17) is 5.73 Å². The first-order chi connectivity index (χ1) is 15.6. The van der Waals surface area contributed by atoms with Gasteiger partial charge in [0.2, 0.25) is 5.91 Å². The van der Waals surface area contributed by atoms with Crippen molar-refractivity contribution in [2.24, 2.45) is 28.9 Å². The minimum atomic E-state index is -0.379. The van der Waals surface area contributed by atoms with E-state index in [0.29, 0.717) is 11.2 Å². The third-order valence-electron chi connectivity index (χ3n) is 8.32. The number of carbonyl (C=O) groups excluding carboxylic acids is 1. The van der Waals surface area contributed by atoms with E-state index in [1.54, 1.807) is 11.8 Å². The minimum Gasteiger partial charge on any atom is -0.341 e. The van der Waals surface area contributed by atoms with Gasteiger partial charge >= 0.3 is 0 Å². The maximum atomic E-state index is 13.3. The number of hydrogen-bond acceptors (Lipinski definition) is 4. The molecule has 5 heteroatoms. The lowest BCUT2D eigenvalue weighted by Crippen LogP contribution is -2.50. The molecule has 4 saturated carbocycles.